The van der Waals surface area contributed by atoms with E-state index >= 15 is 0 Å². The van der Waals surface area contributed by atoms with Crippen LogP contribution in [0.15, 0.2) is 62.7 Å². The number of nitrogens with zero attached hydrogens (tertiary/aromatic N) is 1. The molecule has 1 amide bonds. The number of halogens is 1. The third-order valence-corrected chi connectivity index (χ3v) is 4.68. The predicted octanol–water partition coefficient (Wildman–Crippen LogP) is 4.73. The van der Waals surface area contributed by atoms with Crippen molar-refractivity contribution in [1.29, 1.82) is 5.26 Å². The van der Waals surface area contributed by atoms with Gasteiger partial charge in [0.05, 0.1) is 12.8 Å². The summed E-state index contributed by atoms with van der Waals surface area (Å²) in [6, 6.07) is 13.3. The fraction of sp³-hybridized carbons (Fsp3) is 0.0952. The van der Waals surface area contributed by atoms with Gasteiger partial charge in [0, 0.05) is 15.4 Å². The van der Waals surface area contributed by atoms with Crippen LogP contribution in [0.3, 0.4) is 0 Å². The van der Waals surface area contributed by atoms with Crippen LogP contribution in [0.25, 0.3) is 11.0 Å². The Morgan fingerprint density at radius 3 is 2.48 bits per heavy atom. The molecule has 0 atom stereocenters. The maximum Gasteiger partial charge on any atom is 0.269 e. The second kappa shape index (κ2) is 8.20. The van der Waals surface area contributed by atoms with Gasteiger partial charge in [-0.2, -0.15) is 5.26 Å². The largest absolute Gasteiger partial charge is 0.511 e. The van der Waals surface area contributed by atoms with E-state index in [1.165, 1.54) is 14.0 Å². The highest BCUT2D eigenvalue weighted by molar-refractivity contribution is 9.10. The summed E-state index contributed by atoms with van der Waals surface area (Å²) in [6.45, 7) is 1.22. The molecule has 0 bridgehead atoms. The first-order valence-electron chi connectivity index (χ1n) is 8.38. The quantitative estimate of drug-likeness (QED) is 0.249. The molecule has 8 heteroatoms. The van der Waals surface area contributed by atoms with Crippen LogP contribution in [0.4, 0.5) is 5.69 Å². The first-order valence-corrected chi connectivity index (χ1v) is 9.17. The van der Waals surface area contributed by atoms with Gasteiger partial charge in [-0.05, 0) is 43.3 Å². The Labute approximate surface area is 174 Å². The number of carbonyl (C=O) groups excluding carboxylic acids is 2. The minimum Gasteiger partial charge on any atom is -0.511 e. The number of benzene rings is 2. The van der Waals surface area contributed by atoms with Crippen molar-refractivity contribution in [1.82, 2.24) is 0 Å². The molecule has 2 aromatic carbocycles. The Balaban J connectivity index is 2.18. The molecule has 0 aliphatic rings. The molecule has 0 unspecified atom stereocenters. The lowest BCUT2D eigenvalue weighted by Crippen LogP contribution is -2.16. The summed E-state index contributed by atoms with van der Waals surface area (Å²) in [4.78, 5) is 25.6. The molecule has 7 nitrogen and oxygen atoms in total. The van der Waals surface area contributed by atoms with Crippen molar-refractivity contribution in [2.24, 2.45) is 0 Å². The van der Waals surface area contributed by atoms with Gasteiger partial charge in [-0.25, -0.2) is 0 Å². The van der Waals surface area contributed by atoms with Gasteiger partial charge in [0.15, 0.2) is 22.7 Å². The highest BCUT2D eigenvalue weighted by Gasteiger charge is 2.26. The fourth-order valence-corrected chi connectivity index (χ4v) is 3.01. The molecule has 0 saturated heterocycles. The number of hydrogen-bond acceptors (Lipinski definition) is 6. The van der Waals surface area contributed by atoms with E-state index in [-0.39, 0.29) is 17.0 Å². The van der Waals surface area contributed by atoms with E-state index in [2.05, 4.69) is 21.2 Å². The number of amides is 1. The lowest BCUT2D eigenvalue weighted by atomic mass is 10.1. The van der Waals surface area contributed by atoms with Gasteiger partial charge in [0.1, 0.15) is 11.8 Å². The number of carbonyl (C=O) groups is 2. The van der Waals surface area contributed by atoms with E-state index in [9.17, 15) is 14.7 Å². The number of nitriles is 1. The molecule has 2 N–H and O–H groups in total. The average molecular weight is 455 g/mol. The van der Waals surface area contributed by atoms with Crippen LogP contribution in [0.5, 0.6) is 5.75 Å². The summed E-state index contributed by atoms with van der Waals surface area (Å²) in [5, 5.41) is 21.6. The van der Waals surface area contributed by atoms with Crippen LogP contribution >= 0.6 is 15.9 Å². The van der Waals surface area contributed by atoms with Crippen LogP contribution in [0.1, 0.15) is 23.0 Å². The number of methoxy groups -OCH3 is 1. The first kappa shape index (κ1) is 20.2. The number of fused-ring (bicyclic) bond motifs is 1. The number of allylic oxidation sites excluding steroid dienone is 1. The van der Waals surface area contributed by atoms with Gasteiger partial charge >= 0.3 is 0 Å². The molecule has 0 spiro atoms. The molecule has 0 aliphatic heterocycles. The van der Waals surface area contributed by atoms with E-state index in [1.807, 2.05) is 0 Å². The van der Waals surface area contributed by atoms with Crippen LogP contribution in [-0.2, 0) is 4.79 Å². The molecule has 1 aromatic heterocycles. The van der Waals surface area contributed by atoms with Gasteiger partial charge in [0.25, 0.3) is 5.91 Å². The van der Waals surface area contributed by atoms with Gasteiger partial charge in [-0.15, -0.1) is 0 Å². The monoisotopic (exact) mass is 454 g/mol. The molecule has 0 aliphatic carbocycles. The Bertz CT molecular complexity index is 1180. The highest BCUT2D eigenvalue weighted by Crippen LogP contribution is 2.37. The molecule has 3 rings (SSSR count). The van der Waals surface area contributed by atoms with Crippen molar-refractivity contribution in [2.75, 3.05) is 12.4 Å². The van der Waals surface area contributed by atoms with E-state index in [0.29, 0.717) is 16.7 Å². The fourth-order valence-electron chi connectivity index (χ4n) is 2.74. The van der Waals surface area contributed by atoms with Crippen molar-refractivity contribution in [3.05, 3.63) is 69.6 Å². The van der Waals surface area contributed by atoms with Crippen LogP contribution in [0, 0.1) is 11.3 Å². The third kappa shape index (κ3) is 3.86. The van der Waals surface area contributed by atoms with Crippen LogP contribution < -0.4 is 10.1 Å². The lowest BCUT2D eigenvalue weighted by molar-refractivity contribution is -0.112. The number of nitrogens with one attached hydrogen (secondary N) is 1. The Hall–Kier alpha value is -3.57. The smallest absolute Gasteiger partial charge is 0.269 e. The summed E-state index contributed by atoms with van der Waals surface area (Å²) in [6.07, 6.45) is 0. The third-order valence-electron chi connectivity index (χ3n) is 4.15. The molecule has 3 aromatic rings. The molecule has 0 radical (unpaired) electrons. The van der Waals surface area contributed by atoms with Gasteiger partial charge in [0.2, 0.25) is 5.78 Å². The molecule has 0 fully saturated rings. The molecule has 29 heavy (non-hydrogen) atoms. The standard InChI is InChI=1S/C21H15BrN2O5/c1-11(25)15(10-23)21(27)24-17-14-4-3-5-16(28-2)19(14)29-20(17)18(26)12-6-8-13(22)9-7-12/h3-9,25H,1-2H3,(H,24,27)/b15-11-. The topological polar surface area (TPSA) is 113 Å². The number of rotatable bonds is 5. The van der Waals surface area contributed by atoms with Gasteiger partial charge < -0.3 is 19.6 Å². The minimum atomic E-state index is -0.858. The first-order chi connectivity index (χ1) is 13.9. The summed E-state index contributed by atoms with van der Waals surface area (Å²) >= 11 is 3.31. The van der Waals surface area contributed by atoms with E-state index < -0.39 is 23.0 Å². The summed E-state index contributed by atoms with van der Waals surface area (Å²) in [5.41, 5.74) is 0.236. The molecule has 1 heterocycles. The van der Waals surface area contributed by atoms with Crippen LogP contribution in [-0.4, -0.2) is 23.9 Å². The van der Waals surface area contributed by atoms with Crippen molar-refractivity contribution < 1.29 is 23.8 Å². The highest BCUT2D eigenvalue weighted by atomic mass is 79.9. The number of para-hydroxylation sites is 1. The maximum absolute atomic E-state index is 13.1. The Morgan fingerprint density at radius 1 is 1.21 bits per heavy atom. The van der Waals surface area contributed by atoms with Gasteiger partial charge in [-0.1, -0.05) is 22.0 Å². The lowest BCUT2D eigenvalue weighted by Gasteiger charge is -2.06. The van der Waals surface area contributed by atoms with Crippen molar-refractivity contribution >= 4 is 44.3 Å². The van der Waals surface area contributed by atoms with Crippen molar-refractivity contribution in [3.63, 3.8) is 0 Å². The second-order valence-corrected chi connectivity index (χ2v) is 6.92. The summed E-state index contributed by atoms with van der Waals surface area (Å²) in [7, 11) is 1.46. The summed E-state index contributed by atoms with van der Waals surface area (Å²) < 4.78 is 11.9. The maximum atomic E-state index is 13.1. The zero-order valence-corrected chi connectivity index (χ0v) is 17.0. The molecular formula is C21H15BrN2O5. The summed E-state index contributed by atoms with van der Waals surface area (Å²) in [5.74, 6) is -1.50. The zero-order chi connectivity index (χ0) is 21.1. The number of anilines is 1. The number of aliphatic hydroxyl groups excluding tert-OH is 1. The SMILES string of the molecule is COc1cccc2c(NC(=O)/C(C#N)=C(/C)O)c(C(=O)c3ccc(Br)cc3)oc12. The second-order valence-electron chi connectivity index (χ2n) is 6.01. The van der Waals surface area contributed by atoms with Crippen molar-refractivity contribution in [2.45, 2.75) is 6.92 Å². The van der Waals surface area contributed by atoms with Gasteiger partial charge in [-0.3, -0.25) is 9.59 Å². The predicted molar refractivity (Wildman–Crippen MR) is 110 cm³/mol. The molecular weight excluding hydrogens is 440 g/mol. The van der Waals surface area contributed by atoms with E-state index in [1.54, 1.807) is 48.5 Å². The van der Waals surface area contributed by atoms with Crippen molar-refractivity contribution in [3.8, 4) is 11.8 Å². The van der Waals surface area contributed by atoms with E-state index in [4.69, 9.17) is 14.4 Å². The Morgan fingerprint density at radius 2 is 1.90 bits per heavy atom. The number of furan rings is 1. The zero-order valence-electron chi connectivity index (χ0n) is 15.4. The Kier molecular flexibility index (Phi) is 5.71. The molecule has 0 saturated carbocycles. The molecule has 146 valence electrons. The van der Waals surface area contributed by atoms with Crippen LogP contribution in [0.2, 0.25) is 0 Å². The number of aliphatic hydroxyl groups is 1. The minimum absolute atomic E-state index is 0.0887. The average Bonchev–Trinajstić information content (AvgIpc) is 3.06. The van der Waals surface area contributed by atoms with E-state index in [0.717, 1.165) is 4.47 Å². The normalized spacial score (nSPS) is 11.5. The number of ketones is 1. The number of hydrogen-bond donors (Lipinski definition) is 2. The number of ether oxygens (including phenoxy) is 1.